The number of carbonyl (C=O) groups is 1. The van der Waals surface area contributed by atoms with Crippen molar-refractivity contribution in [3.8, 4) is 0 Å². The molecule has 150 valence electrons. The van der Waals surface area contributed by atoms with E-state index in [1.165, 1.54) is 6.92 Å². The van der Waals surface area contributed by atoms with E-state index in [0.717, 1.165) is 4.31 Å². The van der Waals surface area contributed by atoms with E-state index in [1.807, 2.05) is 11.1 Å². The van der Waals surface area contributed by atoms with Gasteiger partial charge in [-0.15, -0.1) is 0 Å². The number of piperidine rings is 1. The molecule has 0 bridgehead atoms. The Balaban J connectivity index is 1.74. The summed E-state index contributed by atoms with van der Waals surface area (Å²) in [4.78, 5) is 43.7. The third kappa shape index (κ3) is 4.20. The second-order valence-electron chi connectivity index (χ2n) is 6.60. The largest absolute Gasteiger partial charge is 0.350 e. The Hall–Kier alpha value is -2.79. The van der Waals surface area contributed by atoms with Crippen molar-refractivity contribution in [3.63, 3.8) is 0 Å². The van der Waals surface area contributed by atoms with E-state index in [4.69, 9.17) is 0 Å². The highest BCUT2D eigenvalue weighted by molar-refractivity contribution is 7.89. The standard InChI is InChI=1S/C17H21N5O5S/c1-11-14(16(24)21-17(25)20-11)28(26,27)22-8-4-5-12(10-22)15(23)19-9-13-6-2-3-7-18-13/h2-3,6-7,12H,4-5,8-10H2,1H3,(H,19,23)(H2,20,21,24,25). The van der Waals surface area contributed by atoms with Crippen LogP contribution >= 0.6 is 0 Å². The van der Waals surface area contributed by atoms with Crippen LogP contribution in [0.1, 0.15) is 24.2 Å². The van der Waals surface area contributed by atoms with Gasteiger partial charge in [-0.05, 0) is 31.9 Å². The van der Waals surface area contributed by atoms with E-state index < -0.39 is 32.1 Å². The Kier molecular flexibility index (Phi) is 5.75. The van der Waals surface area contributed by atoms with Crippen LogP contribution in [-0.2, 0) is 21.4 Å². The van der Waals surface area contributed by atoms with Gasteiger partial charge in [-0.1, -0.05) is 6.07 Å². The first kappa shape index (κ1) is 20.0. The number of aryl methyl sites for hydroxylation is 1. The predicted octanol–water partition coefficient (Wildman–Crippen LogP) is -0.516. The fraction of sp³-hybridized carbons (Fsp3) is 0.412. The van der Waals surface area contributed by atoms with Gasteiger partial charge in [-0.3, -0.25) is 19.6 Å². The van der Waals surface area contributed by atoms with E-state index in [-0.39, 0.29) is 31.2 Å². The third-order valence-corrected chi connectivity index (χ3v) is 6.62. The van der Waals surface area contributed by atoms with Gasteiger partial charge in [0.15, 0.2) is 4.90 Å². The molecule has 0 aliphatic carbocycles. The Morgan fingerprint density at radius 2 is 2.11 bits per heavy atom. The van der Waals surface area contributed by atoms with Crippen LogP contribution in [-0.4, -0.2) is 46.7 Å². The first-order valence-electron chi connectivity index (χ1n) is 8.80. The van der Waals surface area contributed by atoms with Crippen molar-refractivity contribution in [2.24, 2.45) is 5.92 Å². The highest BCUT2D eigenvalue weighted by Crippen LogP contribution is 2.23. The molecule has 1 unspecified atom stereocenters. The number of aromatic amines is 2. The summed E-state index contributed by atoms with van der Waals surface area (Å²) in [7, 11) is -4.15. The number of pyridine rings is 1. The highest BCUT2D eigenvalue weighted by Gasteiger charge is 2.35. The van der Waals surface area contributed by atoms with Crippen LogP contribution in [0.4, 0.5) is 0 Å². The Bertz CT molecular complexity index is 1080. The zero-order valence-electron chi connectivity index (χ0n) is 15.3. The molecule has 2 aromatic rings. The van der Waals surface area contributed by atoms with Crippen LogP contribution in [0, 0.1) is 12.8 Å². The zero-order valence-corrected chi connectivity index (χ0v) is 16.1. The van der Waals surface area contributed by atoms with Crippen molar-refractivity contribution < 1.29 is 13.2 Å². The Morgan fingerprint density at radius 3 is 2.79 bits per heavy atom. The lowest BCUT2D eigenvalue weighted by atomic mass is 9.99. The zero-order chi connectivity index (χ0) is 20.3. The molecular weight excluding hydrogens is 386 g/mol. The number of rotatable bonds is 5. The predicted molar refractivity (Wildman–Crippen MR) is 100.0 cm³/mol. The van der Waals surface area contributed by atoms with Gasteiger partial charge in [0, 0.05) is 25.0 Å². The minimum atomic E-state index is -4.15. The molecule has 3 rings (SSSR count). The minimum absolute atomic E-state index is 0.0320. The summed E-state index contributed by atoms with van der Waals surface area (Å²) in [6.07, 6.45) is 2.66. The Labute approximate surface area is 161 Å². The lowest BCUT2D eigenvalue weighted by molar-refractivity contribution is -0.126. The fourth-order valence-electron chi connectivity index (χ4n) is 3.23. The average molecular weight is 407 g/mol. The van der Waals surface area contributed by atoms with Crippen molar-refractivity contribution in [1.82, 2.24) is 24.6 Å². The van der Waals surface area contributed by atoms with Crippen LogP contribution in [0.25, 0.3) is 0 Å². The molecule has 1 amide bonds. The summed E-state index contributed by atoms with van der Waals surface area (Å²) in [6, 6.07) is 5.37. The van der Waals surface area contributed by atoms with Gasteiger partial charge in [0.1, 0.15) is 0 Å². The van der Waals surface area contributed by atoms with E-state index in [0.29, 0.717) is 18.5 Å². The molecule has 1 fully saturated rings. The quantitative estimate of drug-likeness (QED) is 0.608. The maximum absolute atomic E-state index is 12.9. The topological polar surface area (TPSA) is 145 Å². The maximum Gasteiger partial charge on any atom is 0.325 e. The molecule has 11 heteroatoms. The molecule has 3 heterocycles. The van der Waals surface area contributed by atoms with Gasteiger partial charge < -0.3 is 10.3 Å². The molecule has 3 N–H and O–H groups in total. The second kappa shape index (κ2) is 8.07. The molecular formula is C17H21N5O5S. The van der Waals surface area contributed by atoms with Crippen molar-refractivity contribution in [2.45, 2.75) is 31.2 Å². The number of hydrogen-bond acceptors (Lipinski definition) is 6. The molecule has 2 aromatic heterocycles. The van der Waals surface area contributed by atoms with E-state index in [9.17, 15) is 22.8 Å². The molecule has 1 saturated heterocycles. The van der Waals surface area contributed by atoms with Crippen LogP contribution in [0.3, 0.4) is 0 Å². The molecule has 1 aliphatic rings. The van der Waals surface area contributed by atoms with Crippen LogP contribution in [0.2, 0.25) is 0 Å². The average Bonchev–Trinajstić information content (AvgIpc) is 2.66. The van der Waals surface area contributed by atoms with E-state index in [2.05, 4.69) is 15.3 Å². The molecule has 0 spiro atoms. The van der Waals surface area contributed by atoms with Crippen LogP contribution in [0.15, 0.2) is 38.9 Å². The maximum atomic E-state index is 12.9. The molecule has 10 nitrogen and oxygen atoms in total. The van der Waals surface area contributed by atoms with Crippen LogP contribution in [0.5, 0.6) is 0 Å². The van der Waals surface area contributed by atoms with Gasteiger partial charge in [0.2, 0.25) is 15.9 Å². The van der Waals surface area contributed by atoms with Gasteiger partial charge in [0.05, 0.1) is 18.2 Å². The first-order chi connectivity index (χ1) is 13.3. The van der Waals surface area contributed by atoms with Crippen molar-refractivity contribution in [1.29, 1.82) is 0 Å². The highest BCUT2D eigenvalue weighted by atomic mass is 32.2. The summed E-state index contributed by atoms with van der Waals surface area (Å²) in [5.41, 5.74) is -1.07. The van der Waals surface area contributed by atoms with Crippen molar-refractivity contribution >= 4 is 15.9 Å². The normalized spacial score (nSPS) is 18.0. The van der Waals surface area contributed by atoms with Crippen molar-refractivity contribution in [2.75, 3.05) is 13.1 Å². The number of carbonyl (C=O) groups excluding carboxylic acids is 1. The fourth-order valence-corrected chi connectivity index (χ4v) is 4.95. The summed E-state index contributed by atoms with van der Waals surface area (Å²) in [5.74, 6) is -0.799. The van der Waals surface area contributed by atoms with Gasteiger partial charge in [-0.2, -0.15) is 4.31 Å². The number of nitrogens with zero attached hydrogens (tertiary/aromatic N) is 2. The molecule has 1 atom stereocenters. The Morgan fingerprint density at radius 1 is 1.32 bits per heavy atom. The summed E-state index contributed by atoms with van der Waals surface area (Å²) in [6.45, 7) is 1.77. The van der Waals surface area contributed by atoms with E-state index >= 15 is 0 Å². The number of aromatic nitrogens is 3. The number of nitrogens with one attached hydrogen (secondary N) is 3. The SMILES string of the molecule is Cc1[nH]c(=O)[nH]c(=O)c1S(=O)(=O)N1CCCC(C(=O)NCc2ccccn2)C1. The molecule has 0 saturated carbocycles. The monoisotopic (exact) mass is 407 g/mol. The van der Waals surface area contributed by atoms with E-state index in [1.54, 1.807) is 18.3 Å². The smallest absolute Gasteiger partial charge is 0.325 e. The number of hydrogen-bond donors (Lipinski definition) is 3. The molecule has 0 aromatic carbocycles. The van der Waals surface area contributed by atoms with Crippen LogP contribution < -0.4 is 16.6 Å². The minimum Gasteiger partial charge on any atom is -0.350 e. The van der Waals surface area contributed by atoms with Gasteiger partial charge in [-0.25, -0.2) is 13.2 Å². The lowest BCUT2D eigenvalue weighted by Gasteiger charge is -2.31. The number of amides is 1. The van der Waals surface area contributed by atoms with Crippen molar-refractivity contribution in [3.05, 3.63) is 56.6 Å². The third-order valence-electron chi connectivity index (χ3n) is 4.60. The summed E-state index contributed by atoms with van der Waals surface area (Å²) >= 11 is 0. The first-order valence-corrected chi connectivity index (χ1v) is 10.2. The molecule has 1 aliphatic heterocycles. The second-order valence-corrected chi connectivity index (χ2v) is 8.48. The van der Waals surface area contributed by atoms with Gasteiger partial charge in [0.25, 0.3) is 5.56 Å². The molecule has 0 radical (unpaired) electrons. The summed E-state index contributed by atoms with van der Waals surface area (Å²) in [5, 5.41) is 2.77. The summed E-state index contributed by atoms with van der Waals surface area (Å²) < 4.78 is 27.0. The number of sulfonamides is 1. The van der Waals surface area contributed by atoms with Gasteiger partial charge >= 0.3 is 5.69 Å². The number of H-pyrrole nitrogens is 2. The molecule has 28 heavy (non-hydrogen) atoms. The lowest BCUT2D eigenvalue weighted by Crippen LogP contribution is -2.47.